The number of alkyl halides is 1. The van der Waals surface area contributed by atoms with Crippen LogP contribution in [0.15, 0.2) is 30.9 Å². The lowest BCUT2D eigenvalue weighted by atomic mass is 10.2. The number of nitrogens with zero attached hydrogens (tertiary/aromatic N) is 3. The van der Waals surface area contributed by atoms with E-state index in [1.54, 1.807) is 17.1 Å². The van der Waals surface area contributed by atoms with Crippen molar-refractivity contribution in [3.05, 3.63) is 41.4 Å². The Morgan fingerprint density at radius 1 is 1.36 bits per heavy atom. The Kier molecular flexibility index (Phi) is 2.70. The number of aromatic nitrogens is 3. The minimum atomic E-state index is 0.399. The molecule has 0 amide bonds. The van der Waals surface area contributed by atoms with Crippen molar-refractivity contribution in [3.63, 3.8) is 0 Å². The summed E-state index contributed by atoms with van der Waals surface area (Å²) in [6, 6.07) is 5.57. The first-order chi connectivity index (χ1) is 6.83. The maximum absolute atomic E-state index is 6.05. The third-order valence-electron chi connectivity index (χ3n) is 1.86. The third-order valence-corrected chi connectivity index (χ3v) is 2.46. The van der Waals surface area contributed by atoms with Gasteiger partial charge in [0.2, 0.25) is 0 Å². The fourth-order valence-corrected chi connectivity index (χ4v) is 1.74. The molecule has 0 aliphatic rings. The highest BCUT2D eigenvalue weighted by atomic mass is 35.5. The summed E-state index contributed by atoms with van der Waals surface area (Å²) >= 11 is 11.9. The van der Waals surface area contributed by atoms with Crippen molar-refractivity contribution >= 4 is 23.2 Å². The van der Waals surface area contributed by atoms with Crippen LogP contribution in [-0.4, -0.2) is 14.8 Å². The van der Waals surface area contributed by atoms with E-state index in [1.807, 2.05) is 12.1 Å². The molecule has 0 fully saturated rings. The Labute approximate surface area is 91.3 Å². The van der Waals surface area contributed by atoms with E-state index in [2.05, 4.69) is 10.1 Å². The number of halogens is 2. The van der Waals surface area contributed by atoms with Crippen LogP contribution >= 0.6 is 23.2 Å². The van der Waals surface area contributed by atoms with Gasteiger partial charge in [-0.1, -0.05) is 23.7 Å². The van der Waals surface area contributed by atoms with Gasteiger partial charge in [-0.25, -0.2) is 9.67 Å². The molecule has 2 rings (SSSR count). The van der Waals surface area contributed by atoms with Crippen LogP contribution in [-0.2, 0) is 5.88 Å². The molecular weight excluding hydrogens is 221 g/mol. The Hall–Kier alpha value is -1.06. The van der Waals surface area contributed by atoms with Crippen LogP contribution < -0.4 is 0 Å². The number of hydrogen-bond donors (Lipinski definition) is 0. The van der Waals surface area contributed by atoms with E-state index < -0.39 is 0 Å². The van der Waals surface area contributed by atoms with Crippen molar-refractivity contribution in [1.82, 2.24) is 14.8 Å². The molecule has 72 valence electrons. The molecule has 0 bridgehead atoms. The molecule has 0 saturated carbocycles. The van der Waals surface area contributed by atoms with Crippen molar-refractivity contribution in [2.75, 3.05) is 0 Å². The second-order valence-electron chi connectivity index (χ2n) is 2.72. The monoisotopic (exact) mass is 227 g/mol. The van der Waals surface area contributed by atoms with Gasteiger partial charge in [0, 0.05) is 5.88 Å². The second kappa shape index (κ2) is 3.98. The van der Waals surface area contributed by atoms with Gasteiger partial charge >= 0.3 is 0 Å². The third kappa shape index (κ3) is 1.61. The van der Waals surface area contributed by atoms with Gasteiger partial charge in [0.15, 0.2) is 0 Å². The molecule has 1 heterocycles. The van der Waals surface area contributed by atoms with Crippen LogP contribution in [0.5, 0.6) is 0 Å². The van der Waals surface area contributed by atoms with Crippen LogP contribution in [0, 0.1) is 0 Å². The van der Waals surface area contributed by atoms with Crippen molar-refractivity contribution in [2.45, 2.75) is 5.88 Å². The summed E-state index contributed by atoms with van der Waals surface area (Å²) in [4.78, 5) is 3.87. The first-order valence-electron chi connectivity index (χ1n) is 4.01. The number of para-hydroxylation sites is 1. The van der Waals surface area contributed by atoms with Gasteiger partial charge in [-0.2, -0.15) is 5.10 Å². The van der Waals surface area contributed by atoms with Crippen molar-refractivity contribution in [1.29, 1.82) is 0 Å². The molecule has 3 nitrogen and oxygen atoms in total. The SMILES string of the molecule is ClCc1cccc(Cl)c1-n1cncn1. The molecule has 1 aromatic heterocycles. The summed E-state index contributed by atoms with van der Waals surface area (Å²) in [6.45, 7) is 0. The molecule has 0 aliphatic heterocycles. The first-order valence-corrected chi connectivity index (χ1v) is 4.92. The smallest absolute Gasteiger partial charge is 0.138 e. The van der Waals surface area contributed by atoms with Crippen LogP contribution in [0.3, 0.4) is 0 Å². The molecule has 0 atom stereocenters. The van der Waals surface area contributed by atoms with Crippen molar-refractivity contribution in [3.8, 4) is 5.69 Å². The van der Waals surface area contributed by atoms with Crippen molar-refractivity contribution in [2.24, 2.45) is 0 Å². The molecule has 0 aliphatic carbocycles. The van der Waals surface area contributed by atoms with Crippen LogP contribution in [0.1, 0.15) is 5.56 Å². The lowest BCUT2D eigenvalue weighted by molar-refractivity contribution is 0.869. The highest BCUT2D eigenvalue weighted by molar-refractivity contribution is 6.32. The largest absolute Gasteiger partial charge is 0.223 e. The zero-order chi connectivity index (χ0) is 9.97. The summed E-state index contributed by atoms with van der Waals surface area (Å²) in [5.74, 6) is 0.399. The summed E-state index contributed by atoms with van der Waals surface area (Å²) in [5.41, 5.74) is 1.73. The van der Waals surface area contributed by atoms with E-state index in [0.717, 1.165) is 11.3 Å². The molecule has 0 N–H and O–H groups in total. The number of rotatable bonds is 2. The summed E-state index contributed by atoms with van der Waals surface area (Å²) in [6.07, 6.45) is 3.05. The number of benzene rings is 1. The van der Waals surface area contributed by atoms with Gasteiger partial charge in [-0.15, -0.1) is 11.6 Å². The highest BCUT2D eigenvalue weighted by Gasteiger charge is 2.08. The Morgan fingerprint density at radius 2 is 2.21 bits per heavy atom. The Morgan fingerprint density at radius 3 is 2.86 bits per heavy atom. The van der Waals surface area contributed by atoms with Gasteiger partial charge in [-0.3, -0.25) is 0 Å². The molecule has 0 unspecified atom stereocenters. The topological polar surface area (TPSA) is 30.7 Å². The summed E-state index contributed by atoms with van der Waals surface area (Å²) < 4.78 is 1.61. The average molecular weight is 228 g/mol. The van der Waals surface area contributed by atoms with Crippen molar-refractivity contribution < 1.29 is 0 Å². The van der Waals surface area contributed by atoms with E-state index in [4.69, 9.17) is 23.2 Å². The van der Waals surface area contributed by atoms with Gasteiger partial charge in [0.25, 0.3) is 0 Å². The molecular formula is C9H7Cl2N3. The molecule has 14 heavy (non-hydrogen) atoms. The molecule has 0 saturated heterocycles. The van der Waals surface area contributed by atoms with Crippen LogP contribution in [0.4, 0.5) is 0 Å². The van der Waals surface area contributed by atoms with E-state index in [1.165, 1.54) is 6.33 Å². The second-order valence-corrected chi connectivity index (χ2v) is 3.40. The molecule has 5 heteroatoms. The zero-order valence-corrected chi connectivity index (χ0v) is 8.70. The first kappa shape index (κ1) is 9.49. The highest BCUT2D eigenvalue weighted by Crippen LogP contribution is 2.24. The van der Waals surface area contributed by atoms with E-state index in [9.17, 15) is 0 Å². The van der Waals surface area contributed by atoms with E-state index in [-0.39, 0.29) is 0 Å². The predicted molar refractivity (Wildman–Crippen MR) is 55.9 cm³/mol. The Balaban J connectivity index is 2.61. The fourth-order valence-electron chi connectivity index (χ4n) is 1.25. The van der Waals surface area contributed by atoms with Gasteiger partial charge < -0.3 is 0 Å². The number of hydrogen-bond acceptors (Lipinski definition) is 2. The minimum absolute atomic E-state index is 0.399. The normalized spacial score (nSPS) is 10.4. The van der Waals surface area contributed by atoms with Gasteiger partial charge in [0.1, 0.15) is 12.7 Å². The quantitative estimate of drug-likeness (QED) is 0.739. The maximum atomic E-state index is 6.05. The summed E-state index contributed by atoms with van der Waals surface area (Å²) in [7, 11) is 0. The molecule has 0 spiro atoms. The van der Waals surface area contributed by atoms with Gasteiger partial charge in [-0.05, 0) is 11.6 Å². The minimum Gasteiger partial charge on any atom is -0.223 e. The zero-order valence-electron chi connectivity index (χ0n) is 7.19. The van der Waals surface area contributed by atoms with E-state index in [0.29, 0.717) is 10.9 Å². The average Bonchev–Trinajstić information content (AvgIpc) is 2.70. The summed E-state index contributed by atoms with van der Waals surface area (Å²) in [5, 5.41) is 4.64. The lowest BCUT2D eigenvalue weighted by Gasteiger charge is -2.07. The predicted octanol–water partition coefficient (Wildman–Crippen LogP) is 2.66. The Bertz CT molecular complexity index is 426. The van der Waals surface area contributed by atoms with Crippen LogP contribution in [0.25, 0.3) is 5.69 Å². The molecule has 2 aromatic rings. The standard InChI is InChI=1S/C9H7Cl2N3/c10-4-7-2-1-3-8(11)9(7)14-6-12-5-13-14/h1-3,5-6H,4H2. The fraction of sp³-hybridized carbons (Fsp3) is 0.111. The lowest BCUT2D eigenvalue weighted by Crippen LogP contribution is -1.99. The molecule has 1 aromatic carbocycles. The van der Waals surface area contributed by atoms with Gasteiger partial charge in [0.05, 0.1) is 10.7 Å². The molecule has 0 radical (unpaired) electrons. The van der Waals surface area contributed by atoms with E-state index >= 15 is 0 Å². The maximum Gasteiger partial charge on any atom is 0.138 e. The van der Waals surface area contributed by atoms with Crippen LogP contribution in [0.2, 0.25) is 5.02 Å².